The number of hydrogen-bond acceptors (Lipinski definition) is 4. The maximum atomic E-state index is 11.4. The zero-order chi connectivity index (χ0) is 13.4. The molecule has 0 aromatic heterocycles. The molecule has 0 bridgehead atoms. The quantitative estimate of drug-likeness (QED) is 0.598. The molecule has 0 aliphatic carbocycles. The highest BCUT2D eigenvalue weighted by atomic mass is 79.9. The Morgan fingerprint density at radius 3 is 2.26 bits per heavy atom. The summed E-state index contributed by atoms with van der Waals surface area (Å²) in [7, 11) is 0. The molecule has 1 aliphatic heterocycles. The van der Waals surface area contributed by atoms with Crippen molar-refractivity contribution in [3.8, 4) is 0 Å². The van der Waals surface area contributed by atoms with Crippen LogP contribution in [0.4, 0.5) is 5.69 Å². The number of carbonyl (C=O) groups is 2. The maximum absolute atomic E-state index is 11.4. The fourth-order valence-electron chi connectivity index (χ4n) is 2.25. The number of carbonyl (C=O) groups excluding carboxylic acids is 2. The lowest BCUT2D eigenvalue weighted by atomic mass is 10.1. The van der Waals surface area contributed by atoms with E-state index in [9.17, 15) is 9.59 Å². The summed E-state index contributed by atoms with van der Waals surface area (Å²) in [5.41, 5.74) is 0.865. The van der Waals surface area contributed by atoms with E-state index < -0.39 is 11.9 Å². The van der Waals surface area contributed by atoms with Gasteiger partial charge in [0.2, 0.25) is 0 Å². The van der Waals surface area contributed by atoms with Gasteiger partial charge in [-0.25, -0.2) is 9.59 Å². The van der Waals surface area contributed by atoms with Crippen molar-refractivity contribution >= 4 is 44.3 Å². The maximum Gasteiger partial charge on any atom is 0.333 e. The van der Waals surface area contributed by atoms with Crippen molar-refractivity contribution in [3.63, 3.8) is 0 Å². The molecule has 0 unspecified atom stereocenters. The fourth-order valence-corrected chi connectivity index (χ4v) is 2.73. The number of benzene rings is 2. The number of halogens is 1. The third kappa shape index (κ3) is 2.21. The van der Waals surface area contributed by atoms with Gasteiger partial charge in [0.15, 0.2) is 0 Å². The zero-order valence-electron chi connectivity index (χ0n) is 9.93. The Bertz CT molecular complexity index is 667. The lowest BCUT2D eigenvalue weighted by molar-refractivity contribution is -0.160. The SMILES string of the molecule is O=C1CN(c2ccc(Br)c3ccccc23)CC(=O)O1. The second kappa shape index (κ2) is 4.66. The number of anilines is 1. The van der Waals surface area contributed by atoms with Crippen molar-refractivity contribution < 1.29 is 14.3 Å². The van der Waals surface area contributed by atoms with Gasteiger partial charge >= 0.3 is 11.9 Å². The highest BCUT2D eigenvalue weighted by molar-refractivity contribution is 9.10. The number of nitrogens with zero attached hydrogens (tertiary/aromatic N) is 1. The van der Waals surface area contributed by atoms with E-state index in [4.69, 9.17) is 0 Å². The summed E-state index contributed by atoms with van der Waals surface area (Å²) in [6, 6.07) is 11.7. The highest BCUT2D eigenvalue weighted by Gasteiger charge is 2.26. The third-order valence-electron chi connectivity index (χ3n) is 3.06. The number of cyclic esters (lactones) is 2. The van der Waals surface area contributed by atoms with E-state index in [-0.39, 0.29) is 13.1 Å². The molecule has 2 aromatic rings. The number of rotatable bonds is 1. The van der Waals surface area contributed by atoms with Crippen molar-refractivity contribution in [3.05, 3.63) is 40.9 Å². The molecule has 2 aromatic carbocycles. The molecule has 1 heterocycles. The van der Waals surface area contributed by atoms with E-state index in [1.54, 1.807) is 4.90 Å². The normalized spacial score (nSPS) is 15.7. The van der Waals surface area contributed by atoms with Crippen LogP contribution < -0.4 is 4.90 Å². The predicted octanol–water partition coefficient (Wildman–Crippen LogP) is 2.49. The van der Waals surface area contributed by atoms with Crippen LogP contribution in [0, 0.1) is 0 Å². The fraction of sp³-hybridized carbons (Fsp3) is 0.143. The van der Waals surface area contributed by atoms with Gasteiger partial charge in [0.25, 0.3) is 0 Å². The molecule has 0 amide bonds. The summed E-state index contributed by atoms with van der Waals surface area (Å²) < 4.78 is 5.53. The lowest BCUT2D eigenvalue weighted by Crippen LogP contribution is -2.43. The first-order valence-electron chi connectivity index (χ1n) is 5.81. The lowest BCUT2D eigenvalue weighted by Gasteiger charge is -2.27. The Balaban J connectivity index is 2.12. The van der Waals surface area contributed by atoms with Crippen LogP contribution in [0.5, 0.6) is 0 Å². The van der Waals surface area contributed by atoms with Crippen LogP contribution in [0.15, 0.2) is 40.9 Å². The van der Waals surface area contributed by atoms with Crippen molar-refractivity contribution in [2.45, 2.75) is 0 Å². The van der Waals surface area contributed by atoms with Gasteiger partial charge in [0, 0.05) is 15.5 Å². The average molecular weight is 320 g/mol. The van der Waals surface area contributed by atoms with Gasteiger partial charge < -0.3 is 9.64 Å². The predicted molar refractivity (Wildman–Crippen MR) is 75.0 cm³/mol. The smallest absolute Gasteiger partial charge is 0.333 e. The first-order chi connectivity index (χ1) is 9.15. The minimum atomic E-state index is -0.511. The highest BCUT2D eigenvalue weighted by Crippen LogP contribution is 2.32. The monoisotopic (exact) mass is 319 g/mol. The van der Waals surface area contributed by atoms with E-state index in [1.807, 2.05) is 36.4 Å². The molecular formula is C14H10BrNO3. The van der Waals surface area contributed by atoms with Gasteiger partial charge in [0.05, 0.1) is 0 Å². The van der Waals surface area contributed by atoms with Gasteiger partial charge in [-0.15, -0.1) is 0 Å². The third-order valence-corrected chi connectivity index (χ3v) is 3.75. The van der Waals surface area contributed by atoms with Gasteiger partial charge in [-0.05, 0) is 17.5 Å². The van der Waals surface area contributed by atoms with E-state index in [1.165, 1.54) is 0 Å². The van der Waals surface area contributed by atoms with Crippen molar-refractivity contribution in [1.82, 2.24) is 0 Å². The van der Waals surface area contributed by atoms with Gasteiger partial charge in [-0.1, -0.05) is 40.2 Å². The average Bonchev–Trinajstić information content (AvgIpc) is 2.38. The number of fused-ring (bicyclic) bond motifs is 1. The van der Waals surface area contributed by atoms with Crippen molar-refractivity contribution in [2.24, 2.45) is 0 Å². The number of ether oxygens (including phenoxy) is 1. The van der Waals surface area contributed by atoms with Gasteiger partial charge in [0.1, 0.15) is 13.1 Å². The largest absolute Gasteiger partial charge is 0.390 e. The molecule has 1 fully saturated rings. The topological polar surface area (TPSA) is 46.6 Å². The molecule has 0 N–H and O–H groups in total. The first kappa shape index (κ1) is 12.2. The van der Waals surface area contributed by atoms with E-state index in [0.717, 1.165) is 20.9 Å². The van der Waals surface area contributed by atoms with Crippen LogP contribution in [0.1, 0.15) is 0 Å². The Morgan fingerprint density at radius 1 is 0.947 bits per heavy atom. The number of morpholine rings is 1. The summed E-state index contributed by atoms with van der Waals surface area (Å²) >= 11 is 3.50. The summed E-state index contributed by atoms with van der Waals surface area (Å²) in [5, 5.41) is 2.05. The summed E-state index contributed by atoms with van der Waals surface area (Å²) in [5.74, 6) is -1.02. The molecule has 19 heavy (non-hydrogen) atoms. The van der Waals surface area contributed by atoms with Crippen LogP contribution in [-0.4, -0.2) is 25.0 Å². The first-order valence-corrected chi connectivity index (χ1v) is 6.60. The van der Waals surface area contributed by atoms with E-state index in [2.05, 4.69) is 20.7 Å². The number of hydrogen-bond donors (Lipinski definition) is 0. The molecular weight excluding hydrogens is 310 g/mol. The molecule has 4 nitrogen and oxygen atoms in total. The Labute approximate surface area is 118 Å². The van der Waals surface area contributed by atoms with Crippen LogP contribution in [0.25, 0.3) is 10.8 Å². The molecule has 0 atom stereocenters. The van der Waals surface area contributed by atoms with Crippen LogP contribution in [0.2, 0.25) is 0 Å². The van der Waals surface area contributed by atoms with Gasteiger partial charge in [-0.3, -0.25) is 0 Å². The Kier molecular flexibility index (Phi) is 2.98. The molecule has 0 radical (unpaired) electrons. The van der Waals surface area contributed by atoms with Crippen molar-refractivity contribution in [2.75, 3.05) is 18.0 Å². The number of esters is 2. The van der Waals surface area contributed by atoms with Crippen LogP contribution in [0.3, 0.4) is 0 Å². The molecule has 96 valence electrons. The summed E-state index contributed by atoms with van der Waals surface area (Å²) in [6.07, 6.45) is 0. The van der Waals surface area contributed by atoms with Crippen molar-refractivity contribution in [1.29, 1.82) is 0 Å². The zero-order valence-corrected chi connectivity index (χ0v) is 11.5. The van der Waals surface area contributed by atoms with Crippen LogP contribution >= 0.6 is 15.9 Å². The molecule has 0 saturated carbocycles. The van der Waals surface area contributed by atoms with E-state index >= 15 is 0 Å². The minimum absolute atomic E-state index is 0.0946. The molecule has 1 aliphatic rings. The minimum Gasteiger partial charge on any atom is -0.390 e. The molecule has 1 saturated heterocycles. The second-order valence-electron chi connectivity index (χ2n) is 4.31. The molecule has 5 heteroatoms. The summed E-state index contributed by atoms with van der Waals surface area (Å²) in [4.78, 5) is 24.5. The summed E-state index contributed by atoms with van der Waals surface area (Å²) in [6.45, 7) is 0.189. The standard InChI is InChI=1S/C14H10BrNO3/c15-11-5-6-12(10-4-2-1-3-9(10)11)16-7-13(17)19-14(18)8-16/h1-6H,7-8H2. The Morgan fingerprint density at radius 2 is 1.58 bits per heavy atom. The molecule has 3 rings (SSSR count). The van der Waals surface area contributed by atoms with Gasteiger partial charge in [-0.2, -0.15) is 0 Å². The Hall–Kier alpha value is -1.88. The van der Waals surface area contributed by atoms with E-state index in [0.29, 0.717) is 0 Å². The van der Waals surface area contributed by atoms with Crippen LogP contribution in [-0.2, 0) is 14.3 Å². The molecule has 0 spiro atoms. The second-order valence-corrected chi connectivity index (χ2v) is 5.17.